The quantitative estimate of drug-likeness (QED) is 0.636. The smallest absolute Gasteiger partial charge is 0.258 e. The Labute approximate surface area is 181 Å². The Balaban J connectivity index is 1.44. The molecule has 7 nitrogen and oxygen atoms in total. The maximum absolute atomic E-state index is 13.0. The van der Waals surface area contributed by atoms with Gasteiger partial charge in [-0.3, -0.25) is 19.7 Å². The average molecular weight is 441 g/mol. The lowest BCUT2D eigenvalue weighted by Crippen LogP contribution is -2.28. The van der Waals surface area contributed by atoms with Crippen molar-refractivity contribution in [1.82, 2.24) is 9.55 Å². The van der Waals surface area contributed by atoms with E-state index in [0.717, 1.165) is 29.5 Å². The zero-order valence-electron chi connectivity index (χ0n) is 16.9. The molecule has 0 unspecified atom stereocenters. The number of thiazole rings is 1. The molecule has 2 heterocycles. The molecular weight excluding hydrogens is 419 g/mol. The second-order valence-corrected chi connectivity index (χ2v) is 8.71. The molecule has 2 N–H and O–H groups in total. The van der Waals surface area contributed by atoms with Gasteiger partial charge in [0.2, 0.25) is 5.91 Å². The summed E-state index contributed by atoms with van der Waals surface area (Å²) >= 11 is 1.48. The van der Waals surface area contributed by atoms with Crippen LogP contribution >= 0.6 is 11.3 Å². The van der Waals surface area contributed by atoms with Gasteiger partial charge in [-0.2, -0.15) is 0 Å². The summed E-state index contributed by atoms with van der Waals surface area (Å²) in [6, 6.07) is 7.96. The van der Waals surface area contributed by atoms with Gasteiger partial charge >= 0.3 is 0 Å². The molecule has 0 fully saturated rings. The lowest BCUT2D eigenvalue weighted by Gasteiger charge is -2.15. The molecule has 9 heteroatoms. The van der Waals surface area contributed by atoms with Gasteiger partial charge in [0.1, 0.15) is 12.4 Å². The summed E-state index contributed by atoms with van der Waals surface area (Å²) in [6.07, 6.45) is 4.32. The van der Waals surface area contributed by atoms with Crippen molar-refractivity contribution in [3.05, 3.63) is 74.9 Å². The number of pyridine rings is 1. The van der Waals surface area contributed by atoms with Crippen LogP contribution in [0.25, 0.3) is 0 Å². The largest absolute Gasteiger partial charge is 0.325 e. The van der Waals surface area contributed by atoms with Gasteiger partial charge in [0.25, 0.3) is 11.5 Å². The van der Waals surface area contributed by atoms with E-state index in [9.17, 15) is 18.8 Å². The van der Waals surface area contributed by atoms with Crippen LogP contribution in [0.5, 0.6) is 0 Å². The molecule has 31 heavy (non-hydrogen) atoms. The maximum atomic E-state index is 13.0. The molecule has 1 aliphatic rings. The summed E-state index contributed by atoms with van der Waals surface area (Å²) in [5.41, 5.74) is 1.29. The Hall–Kier alpha value is -3.33. The average Bonchev–Trinajstić information content (AvgIpc) is 3.12. The van der Waals surface area contributed by atoms with Crippen LogP contribution in [0.4, 0.5) is 15.2 Å². The molecule has 1 aliphatic carbocycles. The molecule has 0 bridgehead atoms. The minimum absolute atomic E-state index is 0.246. The van der Waals surface area contributed by atoms with E-state index >= 15 is 0 Å². The molecule has 2 aromatic heterocycles. The van der Waals surface area contributed by atoms with E-state index in [1.807, 2.05) is 0 Å². The first kappa shape index (κ1) is 20.9. The third-order valence-electron chi connectivity index (χ3n) is 5.09. The summed E-state index contributed by atoms with van der Waals surface area (Å²) in [5.74, 6) is -0.663. The van der Waals surface area contributed by atoms with Crippen molar-refractivity contribution in [2.45, 2.75) is 32.7 Å². The third kappa shape index (κ3) is 5.05. The van der Waals surface area contributed by atoms with Crippen molar-refractivity contribution in [1.29, 1.82) is 0 Å². The first-order valence-corrected chi connectivity index (χ1v) is 10.7. The topological polar surface area (TPSA) is 93.1 Å². The Morgan fingerprint density at radius 3 is 2.74 bits per heavy atom. The van der Waals surface area contributed by atoms with Crippen LogP contribution in [0, 0.1) is 11.7 Å². The van der Waals surface area contributed by atoms with Crippen LogP contribution in [0.3, 0.4) is 0 Å². The minimum Gasteiger partial charge on any atom is -0.325 e. The highest BCUT2D eigenvalue weighted by molar-refractivity contribution is 7.15. The number of nitrogens with one attached hydrogen (secondary N) is 2. The number of carbonyl (C=O) groups excluding carboxylic acids is 2. The molecule has 1 aromatic carbocycles. The van der Waals surface area contributed by atoms with Crippen molar-refractivity contribution in [3.63, 3.8) is 0 Å². The number of hydrogen-bond acceptors (Lipinski definition) is 5. The van der Waals surface area contributed by atoms with E-state index in [1.165, 1.54) is 58.8 Å². The van der Waals surface area contributed by atoms with Gasteiger partial charge in [-0.05, 0) is 55.5 Å². The zero-order chi connectivity index (χ0) is 22.0. The molecule has 160 valence electrons. The SMILES string of the molecule is C[C@@H]1CCc2nc(NC(=O)c3ccc(=O)n(CC(=O)Nc4ccc(F)cc4)c3)sc2C1. The number of aryl methyl sites for hydroxylation is 1. The Morgan fingerprint density at radius 1 is 1.19 bits per heavy atom. The van der Waals surface area contributed by atoms with Crippen molar-refractivity contribution in [2.75, 3.05) is 10.6 Å². The van der Waals surface area contributed by atoms with E-state index in [0.29, 0.717) is 16.7 Å². The summed E-state index contributed by atoms with van der Waals surface area (Å²) in [7, 11) is 0. The number of nitrogens with zero attached hydrogens (tertiary/aromatic N) is 2. The van der Waals surface area contributed by atoms with Gasteiger partial charge in [0, 0.05) is 22.8 Å². The van der Waals surface area contributed by atoms with E-state index in [4.69, 9.17) is 0 Å². The van der Waals surface area contributed by atoms with Crippen LogP contribution in [-0.2, 0) is 24.2 Å². The maximum Gasteiger partial charge on any atom is 0.258 e. The Kier molecular flexibility index (Phi) is 5.94. The molecule has 0 aliphatic heterocycles. The number of amides is 2. The minimum atomic E-state index is -0.465. The highest BCUT2D eigenvalue weighted by Crippen LogP contribution is 2.32. The number of halogens is 1. The van der Waals surface area contributed by atoms with E-state index in [1.54, 1.807) is 0 Å². The van der Waals surface area contributed by atoms with Gasteiger partial charge in [-0.15, -0.1) is 11.3 Å². The third-order valence-corrected chi connectivity index (χ3v) is 6.13. The number of hydrogen-bond donors (Lipinski definition) is 2. The fourth-order valence-electron chi connectivity index (χ4n) is 3.44. The van der Waals surface area contributed by atoms with Crippen LogP contribution in [0.2, 0.25) is 0 Å². The van der Waals surface area contributed by atoms with Gasteiger partial charge < -0.3 is 9.88 Å². The van der Waals surface area contributed by atoms with Gasteiger partial charge in [0.15, 0.2) is 5.13 Å². The van der Waals surface area contributed by atoms with Crippen molar-refractivity contribution in [3.8, 4) is 0 Å². The fourth-order valence-corrected chi connectivity index (χ4v) is 4.61. The lowest BCUT2D eigenvalue weighted by molar-refractivity contribution is -0.116. The number of rotatable bonds is 5. The first-order valence-electron chi connectivity index (χ1n) is 9.93. The summed E-state index contributed by atoms with van der Waals surface area (Å²) < 4.78 is 14.1. The molecule has 4 rings (SSSR count). The van der Waals surface area contributed by atoms with E-state index in [-0.39, 0.29) is 12.1 Å². The molecular formula is C22H21FN4O3S. The first-order chi connectivity index (χ1) is 14.9. The molecule has 0 saturated heterocycles. The van der Waals surface area contributed by atoms with E-state index < -0.39 is 23.2 Å². The second-order valence-electron chi connectivity index (χ2n) is 7.63. The predicted octanol–water partition coefficient (Wildman–Crippen LogP) is 3.46. The molecule has 0 saturated carbocycles. The van der Waals surface area contributed by atoms with Gasteiger partial charge in [-0.1, -0.05) is 6.92 Å². The van der Waals surface area contributed by atoms with Gasteiger partial charge in [-0.25, -0.2) is 9.37 Å². The molecule has 0 radical (unpaired) electrons. The molecule has 0 spiro atoms. The fraction of sp³-hybridized carbons (Fsp3) is 0.273. The Morgan fingerprint density at radius 2 is 1.97 bits per heavy atom. The zero-order valence-corrected chi connectivity index (χ0v) is 17.7. The van der Waals surface area contributed by atoms with Crippen molar-refractivity contribution < 1.29 is 14.0 Å². The van der Waals surface area contributed by atoms with Crippen molar-refractivity contribution in [2.24, 2.45) is 5.92 Å². The monoisotopic (exact) mass is 440 g/mol. The van der Waals surface area contributed by atoms with Crippen LogP contribution in [0.15, 0.2) is 47.4 Å². The predicted molar refractivity (Wildman–Crippen MR) is 117 cm³/mol. The lowest BCUT2D eigenvalue weighted by atomic mass is 9.93. The van der Waals surface area contributed by atoms with E-state index in [2.05, 4.69) is 22.5 Å². The molecule has 1 atom stereocenters. The second kappa shape index (κ2) is 8.81. The van der Waals surface area contributed by atoms with Gasteiger partial charge in [0.05, 0.1) is 11.3 Å². The number of fused-ring (bicyclic) bond motifs is 1. The summed E-state index contributed by atoms with van der Waals surface area (Å²) in [5, 5.41) is 5.92. The number of carbonyl (C=O) groups is 2. The summed E-state index contributed by atoms with van der Waals surface area (Å²) in [4.78, 5) is 42.8. The number of anilines is 2. The van der Waals surface area contributed by atoms with Crippen molar-refractivity contribution >= 4 is 34.0 Å². The normalized spacial score (nSPS) is 15.2. The van der Waals surface area contributed by atoms with Crippen LogP contribution in [0.1, 0.15) is 34.3 Å². The van der Waals surface area contributed by atoms with Crippen LogP contribution < -0.4 is 16.2 Å². The molecule has 2 amide bonds. The van der Waals surface area contributed by atoms with Crippen LogP contribution in [-0.4, -0.2) is 21.4 Å². The number of aromatic nitrogens is 2. The highest BCUT2D eigenvalue weighted by atomic mass is 32.1. The standard InChI is InChI=1S/C22H21FN4O3S/c1-13-2-8-17-18(10-13)31-22(25-17)26-21(30)14-3-9-20(29)27(11-14)12-19(28)24-16-6-4-15(23)5-7-16/h3-7,9,11,13H,2,8,10,12H2,1H3,(H,24,28)(H,25,26,30)/t13-/m1/s1. The number of benzene rings is 1. The highest BCUT2D eigenvalue weighted by Gasteiger charge is 2.21. The summed E-state index contributed by atoms with van der Waals surface area (Å²) in [6.45, 7) is 1.93. The Bertz CT molecular complexity index is 1190. The molecule has 3 aromatic rings.